The monoisotopic (exact) mass is 463 g/mol. The molecule has 0 saturated carbocycles. The lowest BCUT2D eigenvalue weighted by molar-refractivity contribution is -0.384. The lowest BCUT2D eigenvalue weighted by atomic mass is 10.1. The van der Waals surface area contributed by atoms with E-state index in [0.29, 0.717) is 37.4 Å². The third-order valence-electron chi connectivity index (χ3n) is 4.85. The molecule has 1 aliphatic rings. The van der Waals surface area contributed by atoms with Crippen LogP contribution in [0.5, 0.6) is 11.5 Å². The second-order valence-corrected chi connectivity index (χ2v) is 7.09. The maximum atomic E-state index is 12.6. The van der Waals surface area contributed by atoms with Crippen LogP contribution in [0.15, 0.2) is 54.1 Å². The van der Waals surface area contributed by atoms with Gasteiger partial charge in [0, 0.05) is 31.3 Å². The first-order valence-electron chi connectivity index (χ1n) is 10.2. The van der Waals surface area contributed by atoms with E-state index >= 15 is 0 Å². The van der Waals surface area contributed by atoms with Gasteiger partial charge in [-0.15, -0.1) is 0 Å². The third-order valence-corrected chi connectivity index (χ3v) is 4.85. The molecule has 34 heavy (non-hydrogen) atoms. The van der Waals surface area contributed by atoms with Crippen LogP contribution in [0.4, 0.5) is 5.69 Å². The average molecular weight is 463 g/mol. The maximum Gasteiger partial charge on any atom is 0.336 e. The standard InChI is InChI=1S/C24H21N3O7/c1-32-22-15-18(13-19(16-25)24(29)26-9-11-33-12-10-26)5-7-21(22)34-23(28)8-6-17-3-2-4-20(14-17)27(30)31/h2-8,13-15H,9-12H2,1H3/b8-6+,19-13+. The number of morpholine rings is 1. The Bertz CT molecular complexity index is 1190. The predicted molar refractivity (Wildman–Crippen MR) is 122 cm³/mol. The zero-order valence-electron chi connectivity index (χ0n) is 18.3. The van der Waals surface area contributed by atoms with Crippen LogP contribution in [-0.4, -0.2) is 55.1 Å². The van der Waals surface area contributed by atoms with Crippen LogP contribution in [0.1, 0.15) is 11.1 Å². The van der Waals surface area contributed by atoms with Gasteiger partial charge in [0.05, 0.1) is 25.2 Å². The minimum atomic E-state index is -0.715. The van der Waals surface area contributed by atoms with Crippen molar-refractivity contribution in [2.75, 3.05) is 33.4 Å². The fourth-order valence-electron chi connectivity index (χ4n) is 3.15. The highest BCUT2D eigenvalue weighted by Gasteiger charge is 2.21. The quantitative estimate of drug-likeness (QED) is 0.153. The van der Waals surface area contributed by atoms with Crippen molar-refractivity contribution in [2.24, 2.45) is 0 Å². The molecule has 0 spiro atoms. The number of carbonyl (C=O) groups excluding carboxylic acids is 2. The fraction of sp³-hybridized carbons (Fsp3) is 0.208. The summed E-state index contributed by atoms with van der Waals surface area (Å²) in [7, 11) is 1.39. The number of amides is 1. The summed E-state index contributed by atoms with van der Waals surface area (Å²) in [6.07, 6.45) is 3.98. The summed E-state index contributed by atoms with van der Waals surface area (Å²) in [5, 5.41) is 20.3. The van der Waals surface area contributed by atoms with E-state index in [-0.39, 0.29) is 28.7 Å². The largest absolute Gasteiger partial charge is 0.493 e. The van der Waals surface area contributed by atoms with Crippen LogP contribution in [0.2, 0.25) is 0 Å². The van der Waals surface area contributed by atoms with Gasteiger partial charge < -0.3 is 19.1 Å². The van der Waals surface area contributed by atoms with Gasteiger partial charge in [-0.25, -0.2) is 4.79 Å². The summed E-state index contributed by atoms with van der Waals surface area (Å²) in [5.74, 6) is -0.742. The molecule has 1 amide bonds. The van der Waals surface area contributed by atoms with Crippen molar-refractivity contribution in [1.29, 1.82) is 5.26 Å². The average Bonchev–Trinajstić information content (AvgIpc) is 2.87. The highest BCUT2D eigenvalue weighted by Crippen LogP contribution is 2.29. The molecule has 174 valence electrons. The van der Waals surface area contributed by atoms with Crippen molar-refractivity contribution in [1.82, 2.24) is 4.90 Å². The Morgan fingerprint density at radius 2 is 1.91 bits per heavy atom. The number of hydrogen-bond acceptors (Lipinski definition) is 8. The van der Waals surface area contributed by atoms with Crippen molar-refractivity contribution in [3.63, 3.8) is 0 Å². The lowest BCUT2D eigenvalue weighted by Crippen LogP contribution is -2.41. The van der Waals surface area contributed by atoms with E-state index < -0.39 is 10.9 Å². The molecule has 0 atom stereocenters. The molecule has 0 bridgehead atoms. The van der Waals surface area contributed by atoms with Crippen molar-refractivity contribution in [2.45, 2.75) is 0 Å². The number of nitro groups is 1. The van der Waals surface area contributed by atoms with Gasteiger partial charge in [-0.3, -0.25) is 14.9 Å². The van der Waals surface area contributed by atoms with E-state index in [1.807, 2.05) is 6.07 Å². The number of esters is 1. The molecule has 10 heteroatoms. The Balaban J connectivity index is 1.73. The van der Waals surface area contributed by atoms with Crippen LogP contribution in [0.3, 0.4) is 0 Å². The van der Waals surface area contributed by atoms with Crippen molar-refractivity contribution >= 4 is 29.7 Å². The van der Waals surface area contributed by atoms with Gasteiger partial charge in [-0.2, -0.15) is 5.26 Å². The Morgan fingerprint density at radius 3 is 2.59 bits per heavy atom. The van der Waals surface area contributed by atoms with E-state index in [4.69, 9.17) is 14.2 Å². The Morgan fingerprint density at radius 1 is 1.15 bits per heavy atom. The second kappa shape index (κ2) is 11.4. The van der Waals surface area contributed by atoms with E-state index in [2.05, 4.69) is 0 Å². The normalized spacial score (nSPS) is 13.9. The minimum absolute atomic E-state index is 0.0337. The SMILES string of the molecule is COc1cc(/C=C(\C#N)C(=O)N2CCOCC2)ccc1OC(=O)/C=C/c1cccc([N+](=O)[O-])c1. The first-order valence-corrected chi connectivity index (χ1v) is 10.2. The number of ether oxygens (including phenoxy) is 3. The number of hydrogen-bond donors (Lipinski definition) is 0. The molecule has 3 rings (SSSR count). The zero-order valence-corrected chi connectivity index (χ0v) is 18.3. The van der Waals surface area contributed by atoms with Crippen molar-refractivity contribution in [3.8, 4) is 17.6 Å². The maximum absolute atomic E-state index is 12.6. The molecule has 0 aliphatic carbocycles. The molecule has 1 aliphatic heterocycles. The van der Waals surface area contributed by atoms with Crippen LogP contribution < -0.4 is 9.47 Å². The Hall–Kier alpha value is -4.49. The smallest absolute Gasteiger partial charge is 0.336 e. The predicted octanol–water partition coefficient (Wildman–Crippen LogP) is 2.99. The minimum Gasteiger partial charge on any atom is -0.493 e. The molecule has 1 saturated heterocycles. The van der Waals surface area contributed by atoms with Crippen molar-refractivity contribution < 1.29 is 28.7 Å². The molecule has 1 fully saturated rings. The summed E-state index contributed by atoms with van der Waals surface area (Å²) in [5.41, 5.74) is 0.854. The Kier molecular flexibility index (Phi) is 8.10. The van der Waals surface area contributed by atoms with Gasteiger partial charge >= 0.3 is 5.97 Å². The van der Waals surface area contributed by atoms with Gasteiger partial charge in [0.15, 0.2) is 11.5 Å². The first-order chi connectivity index (χ1) is 16.4. The molecule has 0 N–H and O–H groups in total. The number of benzene rings is 2. The second-order valence-electron chi connectivity index (χ2n) is 7.09. The zero-order chi connectivity index (χ0) is 24.5. The number of rotatable bonds is 7. The summed E-state index contributed by atoms with van der Waals surface area (Å²) >= 11 is 0. The molecule has 10 nitrogen and oxygen atoms in total. The summed E-state index contributed by atoms with van der Waals surface area (Å²) in [6, 6.07) is 12.3. The topological polar surface area (TPSA) is 132 Å². The first kappa shape index (κ1) is 24.2. The van der Waals surface area contributed by atoms with Gasteiger partial charge in [0.25, 0.3) is 11.6 Å². The van der Waals surface area contributed by atoms with Crippen LogP contribution in [-0.2, 0) is 14.3 Å². The third kappa shape index (κ3) is 6.27. The van der Waals surface area contributed by atoms with E-state index in [9.17, 15) is 25.0 Å². The number of nitrogens with zero attached hydrogens (tertiary/aromatic N) is 3. The molecular weight excluding hydrogens is 442 g/mol. The van der Waals surface area contributed by atoms with Crippen molar-refractivity contribution in [3.05, 3.63) is 75.4 Å². The molecule has 1 heterocycles. The van der Waals surface area contributed by atoms with E-state index in [0.717, 1.165) is 6.08 Å². The highest BCUT2D eigenvalue weighted by atomic mass is 16.6. The van der Waals surface area contributed by atoms with Crippen LogP contribution in [0, 0.1) is 21.4 Å². The van der Waals surface area contributed by atoms with Gasteiger partial charge in [-0.05, 0) is 35.4 Å². The number of nitriles is 1. The summed E-state index contributed by atoms with van der Waals surface area (Å²) < 4.78 is 15.8. The highest BCUT2D eigenvalue weighted by molar-refractivity contribution is 6.01. The van der Waals surface area contributed by atoms with Gasteiger partial charge in [0.1, 0.15) is 11.6 Å². The molecule has 2 aromatic rings. The molecule has 0 unspecified atom stereocenters. The molecular formula is C24H21N3O7. The lowest BCUT2D eigenvalue weighted by Gasteiger charge is -2.26. The van der Waals surface area contributed by atoms with E-state index in [1.165, 1.54) is 49.6 Å². The van der Waals surface area contributed by atoms with Crippen LogP contribution in [0.25, 0.3) is 12.2 Å². The molecule has 0 aromatic heterocycles. The summed E-state index contributed by atoms with van der Waals surface area (Å²) in [4.78, 5) is 36.7. The number of methoxy groups -OCH3 is 1. The van der Waals surface area contributed by atoms with Gasteiger partial charge in [0.2, 0.25) is 0 Å². The number of nitro benzene ring substituents is 1. The van der Waals surface area contributed by atoms with E-state index in [1.54, 1.807) is 17.0 Å². The van der Waals surface area contributed by atoms with Crippen LogP contribution >= 0.6 is 0 Å². The Labute approximate surface area is 195 Å². The number of carbonyl (C=O) groups is 2. The molecule has 0 radical (unpaired) electrons. The summed E-state index contributed by atoms with van der Waals surface area (Å²) in [6.45, 7) is 1.68. The molecule has 2 aromatic carbocycles. The number of non-ortho nitro benzene ring substituents is 1. The fourth-order valence-corrected chi connectivity index (χ4v) is 3.15. The van der Waals surface area contributed by atoms with Gasteiger partial charge in [-0.1, -0.05) is 18.2 Å².